The van der Waals surface area contributed by atoms with Crippen LogP contribution in [-0.2, 0) is 30.6 Å². The van der Waals surface area contributed by atoms with Crippen LogP contribution < -0.4 is 11.1 Å². The number of hydrogen-bond acceptors (Lipinski definition) is 2. The molecule has 1 heterocycles. The number of anilines is 1. The molecule has 0 spiro atoms. The predicted octanol–water partition coefficient (Wildman–Crippen LogP) is 2.88. The van der Waals surface area contributed by atoms with E-state index in [-0.39, 0.29) is 12.5 Å². The summed E-state index contributed by atoms with van der Waals surface area (Å²) in [7, 11) is 0. The number of nitrogens with zero attached hydrogens (tertiary/aromatic N) is 2. The normalized spacial score (nSPS) is 16.4. The number of amides is 1. The second-order valence-corrected chi connectivity index (χ2v) is 7.31. The zero-order valence-corrected chi connectivity index (χ0v) is 15.6. The fourth-order valence-electron chi connectivity index (χ4n) is 4.04. The largest absolute Gasteiger partial charge is 0.370 e. The highest BCUT2D eigenvalue weighted by Crippen LogP contribution is 2.27. The summed E-state index contributed by atoms with van der Waals surface area (Å²) in [4.78, 5) is 18.7. The zero-order valence-electron chi connectivity index (χ0n) is 15.6. The van der Waals surface area contributed by atoms with Gasteiger partial charge in [0.2, 0.25) is 5.91 Å². The van der Waals surface area contributed by atoms with Crippen molar-refractivity contribution in [3.63, 3.8) is 0 Å². The third-order valence-corrected chi connectivity index (χ3v) is 5.53. The summed E-state index contributed by atoms with van der Waals surface area (Å²) in [5.41, 5.74) is 12.4. The van der Waals surface area contributed by atoms with Crippen LogP contribution in [0.2, 0.25) is 0 Å². The first-order valence-electron chi connectivity index (χ1n) is 9.73. The van der Waals surface area contributed by atoms with Crippen molar-refractivity contribution in [1.82, 2.24) is 4.90 Å². The number of rotatable bonds is 3. The van der Waals surface area contributed by atoms with Crippen molar-refractivity contribution < 1.29 is 4.79 Å². The molecule has 2 aromatic carbocycles. The SMILES string of the molecule is NC(=NCC(=O)N1CCc2ccccc2C1)Nc1cccc2c1CCCC2. The number of hydrogen-bond donors (Lipinski definition) is 2. The maximum absolute atomic E-state index is 12.5. The Kier molecular flexibility index (Phi) is 5.10. The maximum Gasteiger partial charge on any atom is 0.244 e. The molecule has 1 aliphatic heterocycles. The van der Waals surface area contributed by atoms with Crippen LogP contribution >= 0.6 is 0 Å². The summed E-state index contributed by atoms with van der Waals surface area (Å²) in [5, 5.41) is 3.20. The molecule has 5 heteroatoms. The van der Waals surface area contributed by atoms with Crippen molar-refractivity contribution >= 4 is 17.6 Å². The molecule has 27 heavy (non-hydrogen) atoms. The van der Waals surface area contributed by atoms with Gasteiger partial charge < -0.3 is 16.0 Å². The monoisotopic (exact) mass is 362 g/mol. The summed E-state index contributed by atoms with van der Waals surface area (Å²) in [5.74, 6) is 0.323. The summed E-state index contributed by atoms with van der Waals surface area (Å²) in [6, 6.07) is 14.6. The molecule has 1 amide bonds. The van der Waals surface area contributed by atoms with Crippen LogP contribution in [0, 0.1) is 0 Å². The van der Waals surface area contributed by atoms with Gasteiger partial charge in [-0.2, -0.15) is 0 Å². The molecule has 0 radical (unpaired) electrons. The molecular formula is C22H26N4O. The van der Waals surface area contributed by atoms with Gasteiger partial charge in [-0.1, -0.05) is 36.4 Å². The highest BCUT2D eigenvalue weighted by Gasteiger charge is 2.20. The molecule has 0 aromatic heterocycles. The van der Waals surface area contributed by atoms with Crippen molar-refractivity contribution in [2.24, 2.45) is 10.7 Å². The average molecular weight is 362 g/mol. The van der Waals surface area contributed by atoms with Crippen molar-refractivity contribution in [3.8, 4) is 0 Å². The summed E-state index contributed by atoms with van der Waals surface area (Å²) in [6.45, 7) is 1.48. The molecule has 2 aromatic rings. The molecule has 1 aliphatic carbocycles. The standard InChI is InChI=1S/C22H26N4O/c23-22(25-20-11-5-9-17-7-3-4-10-19(17)20)24-14-21(27)26-13-12-16-6-1-2-8-18(16)15-26/h1-2,5-6,8-9,11H,3-4,7,10,12-15H2,(H3,23,24,25). The third-order valence-electron chi connectivity index (χ3n) is 5.53. The first-order chi connectivity index (χ1) is 13.2. The minimum Gasteiger partial charge on any atom is -0.370 e. The topological polar surface area (TPSA) is 70.7 Å². The highest BCUT2D eigenvalue weighted by atomic mass is 16.2. The summed E-state index contributed by atoms with van der Waals surface area (Å²) in [6.07, 6.45) is 5.54. The first kappa shape index (κ1) is 17.6. The minimum atomic E-state index is 0.0179. The van der Waals surface area contributed by atoms with Crippen LogP contribution in [0.5, 0.6) is 0 Å². The number of carbonyl (C=O) groups excluding carboxylic acids is 1. The molecule has 3 N–H and O–H groups in total. The van der Waals surface area contributed by atoms with Crippen molar-refractivity contribution in [2.75, 3.05) is 18.4 Å². The smallest absolute Gasteiger partial charge is 0.244 e. The van der Waals surface area contributed by atoms with Gasteiger partial charge in [0.05, 0.1) is 0 Å². The molecule has 0 bridgehead atoms. The van der Waals surface area contributed by atoms with Gasteiger partial charge in [0.25, 0.3) is 0 Å². The Bertz CT molecular complexity index is 874. The lowest BCUT2D eigenvalue weighted by molar-refractivity contribution is -0.130. The summed E-state index contributed by atoms with van der Waals surface area (Å²) < 4.78 is 0. The van der Waals surface area contributed by atoms with E-state index >= 15 is 0 Å². The van der Waals surface area contributed by atoms with Crippen molar-refractivity contribution in [1.29, 1.82) is 0 Å². The van der Waals surface area contributed by atoms with Crippen LogP contribution in [0.3, 0.4) is 0 Å². The highest BCUT2D eigenvalue weighted by molar-refractivity contribution is 5.94. The van der Waals surface area contributed by atoms with Crippen LogP contribution in [-0.4, -0.2) is 29.9 Å². The average Bonchev–Trinajstić information content (AvgIpc) is 2.72. The fraction of sp³-hybridized carbons (Fsp3) is 0.364. The lowest BCUT2D eigenvalue weighted by atomic mass is 9.90. The molecular weight excluding hydrogens is 336 g/mol. The number of aliphatic imine (C=N–C) groups is 1. The van der Waals surface area contributed by atoms with Crippen LogP contribution in [0.15, 0.2) is 47.5 Å². The predicted molar refractivity (Wildman–Crippen MR) is 109 cm³/mol. The quantitative estimate of drug-likeness (QED) is 0.651. The molecule has 0 saturated carbocycles. The van der Waals surface area contributed by atoms with Gasteiger partial charge in [0.1, 0.15) is 6.54 Å². The molecule has 0 fully saturated rings. The van der Waals surface area contributed by atoms with Crippen LogP contribution in [0.4, 0.5) is 5.69 Å². The number of carbonyl (C=O) groups is 1. The van der Waals surface area contributed by atoms with Crippen LogP contribution in [0.1, 0.15) is 35.1 Å². The number of guanidine groups is 1. The van der Waals surface area contributed by atoms with E-state index in [4.69, 9.17) is 5.73 Å². The third kappa shape index (κ3) is 3.97. The van der Waals surface area contributed by atoms with Crippen LogP contribution in [0.25, 0.3) is 0 Å². The second kappa shape index (κ2) is 7.82. The molecule has 0 atom stereocenters. The number of aryl methyl sites for hydroxylation is 1. The summed E-state index contributed by atoms with van der Waals surface area (Å²) >= 11 is 0. The first-order valence-corrected chi connectivity index (χ1v) is 9.73. The van der Waals surface area contributed by atoms with Gasteiger partial charge >= 0.3 is 0 Å². The Morgan fingerprint density at radius 1 is 1.00 bits per heavy atom. The van der Waals surface area contributed by atoms with E-state index in [2.05, 4.69) is 40.6 Å². The Balaban J connectivity index is 1.38. The van der Waals surface area contributed by atoms with Gasteiger partial charge in [-0.3, -0.25) is 4.79 Å². The molecule has 0 unspecified atom stereocenters. The van der Waals surface area contributed by atoms with Gasteiger partial charge in [-0.15, -0.1) is 0 Å². The number of nitrogens with two attached hydrogens (primary N) is 1. The van der Waals surface area contributed by atoms with Gasteiger partial charge in [0, 0.05) is 18.8 Å². The lowest BCUT2D eigenvalue weighted by Gasteiger charge is -2.28. The number of nitrogens with one attached hydrogen (secondary N) is 1. The number of benzene rings is 2. The molecule has 4 rings (SSSR count). The minimum absolute atomic E-state index is 0.0179. The Morgan fingerprint density at radius 3 is 2.67 bits per heavy atom. The van der Waals surface area contributed by atoms with Gasteiger partial charge in [-0.25, -0.2) is 4.99 Å². The zero-order chi connectivity index (χ0) is 18.6. The Hall–Kier alpha value is -2.82. The molecule has 2 aliphatic rings. The second-order valence-electron chi connectivity index (χ2n) is 7.31. The fourth-order valence-corrected chi connectivity index (χ4v) is 4.04. The maximum atomic E-state index is 12.5. The van der Waals surface area contributed by atoms with Crippen molar-refractivity contribution in [3.05, 3.63) is 64.7 Å². The van der Waals surface area contributed by atoms with E-state index in [1.54, 1.807) is 0 Å². The molecule has 0 saturated heterocycles. The molecule has 140 valence electrons. The Morgan fingerprint density at radius 2 is 1.78 bits per heavy atom. The van der Waals surface area contributed by atoms with Gasteiger partial charge in [-0.05, 0) is 60.4 Å². The number of fused-ring (bicyclic) bond motifs is 2. The van der Waals surface area contributed by atoms with Crippen molar-refractivity contribution in [2.45, 2.75) is 38.6 Å². The molecule has 5 nitrogen and oxygen atoms in total. The van der Waals surface area contributed by atoms with E-state index in [1.165, 1.54) is 35.1 Å². The Labute approximate surface area is 160 Å². The van der Waals surface area contributed by atoms with E-state index in [0.717, 1.165) is 31.5 Å². The van der Waals surface area contributed by atoms with E-state index in [0.29, 0.717) is 12.5 Å². The van der Waals surface area contributed by atoms with Gasteiger partial charge in [0.15, 0.2) is 5.96 Å². The van der Waals surface area contributed by atoms with E-state index in [1.807, 2.05) is 17.0 Å². The van der Waals surface area contributed by atoms with E-state index in [9.17, 15) is 4.79 Å². The lowest BCUT2D eigenvalue weighted by Crippen LogP contribution is -2.38. The van der Waals surface area contributed by atoms with E-state index < -0.39 is 0 Å².